The van der Waals surface area contributed by atoms with Crippen LogP contribution < -0.4 is 5.30 Å². The first-order valence-corrected chi connectivity index (χ1v) is 7.20. The molecule has 0 fully saturated rings. The highest BCUT2D eigenvalue weighted by molar-refractivity contribution is 7.48. The molecule has 1 unspecified atom stereocenters. The Morgan fingerprint density at radius 1 is 1.00 bits per heavy atom. The number of hydrogen-bond acceptors (Lipinski definition) is 3. The smallest absolute Gasteiger partial charge is 0.289 e. The van der Waals surface area contributed by atoms with E-state index >= 15 is 0 Å². The lowest BCUT2D eigenvalue weighted by Gasteiger charge is -1.99. The van der Waals surface area contributed by atoms with Gasteiger partial charge in [-0.15, -0.1) is 4.52 Å². The van der Waals surface area contributed by atoms with Crippen LogP contribution in [0.15, 0.2) is 54.6 Å². The van der Waals surface area contributed by atoms with E-state index in [1.807, 2.05) is 18.2 Å². The van der Waals surface area contributed by atoms with Crippen molar-refractivity contribution >= 4 is 19.1 Å². The summed E-state index contributed by atoms with van der Waals surface area (Å²) in [5, 5.41) is 0.599. The molecular weight excluding hydrogens is 259 g/mol. The van der Waals surface area contributed by atoms with Gasteiger partial charge in [-0.25, -0.2) is 0 Å². The molecule has 96 valence electrons. The van der Waals surface area contributed by atoms with Crippen molar-refractivity contribution in [2.45, 2.75) is 6.92 Å². The van der Waals surface area contributed by atoms with Crippen LogP contribution in [-0.4, -0.2) is 12.4 Å². The maximum absolute atomic E-state index is 12.1. The normalized spacial score (nSPS) is 11.1. The molecule has 0 N–H and O–H groups in total. The summed E-state index contributed by atoms with van der Waals surface area (Å²) in [4.78, 5) is 12.1. The van der Waals surface area contributed by atoms with Gasteiger partial charge in [0.2, 0.25) is 5.30 Å². The topological polar surface area (TPSA) is 43.4 Å². The van der Waals surface area contributed by atoms with Crippen molar-refractivity contribution in [1.82, 2.24) is 0 Å². The minimum atomic E-state index is -1.82. The van der Waals surface area contributed by atoms with Crippen LogP contribution in [0.5, 0.6) is 0 Å². The van der Waals surface area contributed by atoms with E-state index in [4.69, 9.17) is 4.52 Å². The van der Waals surface area contributed by atoms with Gasteiger partial charge in [-0.05, 0) is 35.8 Å². The molecule has 0 radical (unpaired) electrons. The summed E-state index contributed by atoms with van der Waals surface area (Å²) >= 11 is 0. The molecule has 19 heavy (non-hydrogen) atoms. The molecular formula is C15H14O3P+. The number of benzene rings is 2. The molecule has 0 aromatic heterocycles. The Balaban J connectivity index is 2.19. The van der Waals surface area contributed by atoms with E-state index in [0.717, 1.165) is 0 Å². The minimum Gasteiger partial charge on any atom is -0.289 e. The molecule has 3 nitrogen and oxygen atoms in total. The highest BCUT2D eigenvalue weighted by Crippen LogP contribution is 2.21. The van der Waals surface area contributed by atoms with Crippen LogP contribution in [0.2, 0.25) is 0 Å². The molecule has 0 saturated heterocycles. The van der Waals surface area contributed by atoms with Crippen molar-refractivity contribution in [2.24, 2.45) is 0 Å². The Kier molecular flexibility index (Phi) is 4.56. The van der Waals surface area contributed by atoms with Crippen LogP contribution in [0, 0.1) is 0 Å². The van der Waals surface area contributed by atoms with Crippen molar-refractivity contribution < 1.29 is 13.9 Å². The first-order valence-electron chi connectivity index (χ1n) is 6.02. The van der Waals surface area contributed by atoms with Gasteiger partial charge in [-0.1, -0.05) is 30.3 Å². The van der Waals surface area contributed by atoms with E-state index in [-0.39, 0.29) is 5.78 Å². The Bertz CT molecular complexity index is 576. The largest absolute Gasteiger partial charge is 0.548 e. The zero-order valence-electron chi connectivity index (χ0n) is 10.6. The van der Waals surface area contributed by atoms with Crippen molar-refractivity contribution in [1.29, 1.82) is 0 Å². The monoisotopic (exact) mass is 273 g/mol. The molecule has 0 heterocycles. The molecule has 0 aliphatic heterocycles. The van der Waals surface area contributed by atoms with Gasteiger partial charge in [0.1, 0.15) is 6.61 Å². The van der Waals surface area contributed by atoms with E-state index < -0.39 is 8.03 Å². The van der Waals surface area contributed by atoms with Gasteiger partial charge in [0.05, 0.1) is 0 Å². The molecule has 0 aliphatic rings. The average Bonchev–Trinajstić information content (AvgIpc) is 2.48. The number of hydrogen-bond donors (Lipinski definition) is 0. The Morgan fingerprint density at radius 2 is 1.58 bits per heavy atom. The summed E-state index contributed by atoms with van der Waals surface area (Å²) in [6.07, 6.45) is 0. The van der Waals surface area contributed by atoms with E-state index in [1.165, 1.54) is 0 Å². The lowest BCUT2D eigenvalue weighted by molar-refractivity contribution is 0.103. The van der Waals surface area contributed by atoms with Crippen LogP contribution in [0.3, 0.4) is 0 Å². The second-order valence-electron chi connectivity index (χ2n) is 3.92. The molecule has 0 amide bonds. The van der Waals surface area contributed by atoms with Gasteiger partial charge in [0.25, 0.3) is 0 Å². The van der Waals surface area contributed by atoms with E-state index in [2.05, 4.69) is 0 Å². The number of carbonyl (C=O) groups is 1. The fraction of sp³-hybridized carbons (Fsp3) is 0.133. The highest BCUT2D eigenvalue weighted by atomic mass is 31.1. The molecule has 4 heteroatoms. The van der Waals surface area contributed by atoms with Crippen molar-refractivity contribution in [2.75, 3.05) is 6.61 Å². The second-order valence-corrected chi connectivity index (χ2v) is 5.21. The maximum atomic E-state index is 12.1. The lowest BCUT2D eigenvalue weighted by atomic mass is 10.0. The third-order valence-electron chi connectivity index (χ3n) is 2.62. The van der Waals surface area contributed by atoms with Crippen LogP contribution in [0.1, 0.15) is 22.8 Å². The predicted molar refractivity (Wildman–Crippen MR) is 75.2 cm³/mol. The average molecular weight is 273 g/mol. The Morgan fingerprint density at radius 3 is 2.16 bits per heavy atom. The van der Waals surface area contributed by atoms with E-state index in [0.29, 0.717) is 23.0 Å². The highest BCUT2D eigenvalue weighted by Gasteiger charge is 2.21. The van der Waals surface area contributed by atoms with Crippen LogP contribution in [0.25, 0.3) is 0 Å². The van der Waals surface area contributed by atoms with Crippen LogP contribution in [-0.2, 0) is 9.09 Å². The van der Waals surface area contributed by atoms with Crippen molar-refractivity contribution in [3.63, 3.8) is 0 Å². The molecule has 1 atom stereocenters. The molecule has 0 spiro atoms. The van der Waals surface area contributed by atoms with Gasteiger partial charge >= 0.3 is 8.03 Å². The summed E-state index contributed by atoms with van der Waals surface area (Å²) in [6.45, 7) is 2.19. The summed E-state index contributed by atoms with van der Waals surface area (Å²) in [6, 6.07) is 15.8. The Labute approximate surface area is 113 Å². The summed E-state index contributed by atoms with van der Waals surface area (Å²) in [7, 11) is -1.82. The summed E-state index contributed by atoms with van der Waals surface area (Å²) in [5.74, 6) is -0.0428. The standard InChI is InChI=1S/C15H14O3P/c1-2-18-19(17)14-10-8-13(9-11-14)15(16)12-6-4-3-5-7-12/h3-11H,2H2,1H3/q+1. The van der Waals surface area contributed by atoms with Gasteiger partial charge < -0.3 is 0 Å². The van der Waals surface area contributed by atoms with Crippen LogP contribution >= 0.6 is 8.03 Å². The fourth-order valence-corrected chi connectivity index (χ4v) is 2.46. The predicted octanol–water partition coefficient (Wildman–Crippen LogP) is 3.32. The number of ketones is 1. The quantitative estimate of drug-likeness (QED) is 0.620. The summed E-state index contributed by atoms with van der Waals surface area (Å²) in [5.41, 5.74) is 1.22. The van der Waals surface area contributed by atoms with E-state index in [1.54, 1.807) is 43.3 Å². The SMILES string of the molecule is CCO[P+](=O)c1ccc(C(=O)c2ccccc2)cc1. The first kappa shape index (κ1) is 13.6. The zero-order chi connectivity index (χ0) is 13.7. The Hall–Kier alpha value is -1.83. The fourth-order valence-electron chi connectivity index (χ4n) is 1.68. The van der Waals surface area contributed by atoms with Gasteiger partial charge in [0.15, 0.2) is 5.78 Å². The molecule has 0 saturated carbocycles. The van der Waals surface area contributed by atoms with E-state index in [9.17, 15) is 9.36 Å². The van der Waals surface area contributed by atoms with Crippen LogP contribution in [0.4, 0.5) is 0 Å². The zero-order valence-corrected chi connectivity index (χ0v) is 11.5. The molecule has 2 aromatic carbocycles. The molecule has 0 aliphatic carbocycles. The summed E-state index contributed by atoms with van der Waals surface area (Å²) < 4.78 is 16.7. The van der Waals surface area contributed by atoms with Gasteiger partial charge in [-0.2, -0.15) is 0 Å². The number of carbonyl (C=O) groups excluding carboxylic acids is 1. The minimum absolute atomic E-state index is 0.0428. The molecule has 0 bridgehead atoms. The number of rotatable bonds is 5. The third-order valence-corrected chi connectivity index (χ3v) is 3.84. The lowest BCUT2D eigenvalue weighted by Crippen LogP contribution is -2.04. The molecule has 2 rings (SSSR count). The third kappa shape index (κ3) is 3.34. The van der Waals surface area contributed by atoms with Gasteiger partial charge in [0, 0.05) is 11.1 Å². The van der Waals surface area contributed by atoms with Gasteiger partial charge in [-0.3, -0.25) is 4.79 Å². The van der Waals surface area contributed by atoms with Crippen molar-refractivity contribution in [3.05, 3.63) is 65.7 Å². The second kappa shape index (κ2) is 6.37. The maximum Gasteiger partial charge on any atom is 0.548 e. The van der Waals surface area contributed by atoms with Crippen molar-refractivity contribution in [3.8, 4) is 0 Å². The first-order chi connectivity index (χ1) is 9.22. The molecule has 2 aromatic rings.